The summed E-state index contributed by atoms with van der Waals surface area (Å²) in [5.74, 6) is -1.74. The van der Waals surface area contributed by atoms with E-state index in [0.29, 0.717) is 43.7 Å². The summed E-state index contributed by atoms with van der Waals surface area (Å²) in [6.07, 6.45) is 3.02. The molecular weight excluding hydrogens is 953 g/mol. The van der Waals surface area contributed by atoms with Gasteiger partial charge in [-0.05, 0) is 169 Å². The monoisotopic (exact) mass is 1040 g/mol. The maximum absolute atomic E-state index is 13.3. The van der Waals surface area contributed by atoms with E-state index < -0.39 is 57.0 Å². The second kappa shape index (κ2) is 27.0. The predicted molar refractivity (Wildman–Crippen MR) is 284 cm³/mol. The van der Waals surface area contributed by atoms with Gasteiger partial charge in [-0.2, -0.15) is 4.99 Å². The number of aliphatic hydroxyl groups excluding tert-OH is 1. The Hall–Kier alpha value is -5.27. The molecule has 5 amide bonds. The number of ether oxygens (including phenoxy) is 6. The number of rotatable bonds is 33. The lowest BCUT2D eigenvalue weighted by Gasteiger charge is -2.36. The maximum atomic E-state index is 13.3. The number of alkyl carbamates (subject to hydrolysis) is 1. The molecule has 0 aromatic heterocycles. The van der Waals surface area contributed by atoms with E-state index in [-0.39, 0.29) is 83.2 Å². The first-order valence-corrected chi connectivity index (χ1v) is 25.5. The van der Waals surface area contributed by atoms with E-state index in [1.807, 2.05) is 85.7 Å². The highest BCUT2D eigenvalue weighted by atomic mass is 16.6. The summed E-state index contributed by atoms with van der Waals surface area (Å²) in [4.78, 5) is 78.8. The zero-order chi connectivity index (χ0) is 55.8. The van der Waals surface area contributed by atoms with Crippen molar-refractivity contribution in [3.05, 3.63) is 47.5 Å². The number of anilines is 2. The zero-order valence-electron chi connectivity index (χ0n) is 46.5. The van der Waals surface area contributed by atoms with E-state index in [1.54, 1.807) is 53.7 Å². The summed E-state index contributed by atoms with van der Waals surface area (Å²) in [5, 5.41) is 21.0. The molecule has 0 fully saturated rings. The Morgan fingerprint density at radius 2 is 1.12 bits per heavy atom. The lowest BCUT2D eigenvalue weighted by Crippen LogP contribution is -2.54. The Kier molecular flexibility index (Phi) is 23.0. The molecule has 0 bridgehead atoms. The highest BCUT2D eigenvalue weighted by molar-refractivity contribution is 5.94. The fourth-order valence-corrected chi connectivity index (χ4v) is 8.57. The van der Waals surface area contributed by atoms with E-state index in [0.717, 1.165) is 22.3 Å². The number of carbonyl (C=O) groups excluding carboxylic acids is 6. The highest BCUT2D eigenvalue weighted by Gasteiger charge is 2.37. The number of nitrogens with one attached hydrogen (secondary N) is 4. The van der Waals surface area contributed by atoms with Gasteiger partial charge in [0.1, 0.15) is 12.2 Å². The van der Waals surface area contributed by atoms with E-state index in [1.165, 1.54) is 0 Å². The van der Waals surface area contributed by atoms with Crippen LogP contribution >= 0.6 is 0 Å². The number of isocyanates is 1. The standard InChI is InChI=1S/C55H86N6O13/c1-49(2,58-36-63)35-50(3,4)61-47(67)55(13,14)74-29-23-52(7,8)71-27-20-46(66)60-38-16-18-40-39-17-15-37(59-45(65)19-26-70-51(5,6)21-25-62)31-41(39)43(42(40)32-38)34-69-48(68)57-24-30-73-53(9,10)22-28-72-54(11,12)33-44(56)64/h15-18,31-32,43,62H,19-30,33-35H2,1-14H3,(H2,56,64)(H,57,68)(H,59,65)(H,60,66)(H,61,67). The van der Waals surface area contributed by atoms with Gasteiger partial charge in [0.05, 0.1) is 80.2 Å². The van der Waals surface area contributed by atoms with Crippen LogP contribution in [0.2, 0.25) is 0 Å². The van der Waals surface area contributed by atoms with Crippen molar-refractivity contribution in [3.8, 4) is 11.1 Å². The molecule has 19 nitrogen and oxygen atoms in total. The Labute approximate surface area is 438 Å². The van der Waals surface area contributed by atoms with Crippen LogP contribution in [0.25, 0.3) is 11.1 Å². The third-order valence-electron chi connectivity index (χ3n) is 12.5. The van der Waals surface area contributed by atoms with Crippen LogP contribution in [0, 0.1) is 0 Å². The Bertz CT molecular complexity index is 2280. The van der Waals surface area contributed by atoms with Crippen molar-refractivity contribution >= 4 is 47.2 Å². The number of aliphatic hydroxyl groups is 1. The largest absolute Gasteiger partial charge is 0.449 e. The molecule has 1 atom stereocenters. The summed E-state index contributed by atoms with van der Waals surface area (Å²) < 4.78 is 35.7. The molecule has 1 unspecified atom stereocenters. The van der Waals surface area contributed by atoms with Crippen molar-refractivity contribution in [1.82, 2.24) is 10.6 Å². The summed E-state index contributed by atoms with van der Waals surface area (Å²) in [5.41, 5.74) is 4.74. The van der Waals surface area contributed by atoms with Gasteiger partial charge in [-0.25, -0.2) is 9.59 Å². The number of fused-ring (bicyclic) bond motifs is 3. The average Bonchev–Trinajstić information content (AvgIpc) is 3.54. The molecule has 2 aromatic carbocycles. The molecule has 2 aromatic rings. The number of benzene rings is 2. The first-order valence-electron chi connectivity index (χ1n) is 25.5. The summed E-state index contributed by atoms with van der Waals surface area (Å²) in [7, 11) is 0. The predicted octanol–water partition coefficient (Wildman–Crippen LogP) is 7.60. The minimum Gasteiger partial charge on any atom is -0.449 e. The van der Waals surface area contributed by atoms with Crippen molar-refractivity contribution < 1.29 is 62.3 Å². The molecule has 0 spiro atoms. The fourth-order valence-electron chi connectivity index (χ4n) is 8.57. The first-order chi connectivity index (χ1) is 34.2. The van der Waals surface area contributed by atoms with Gasteiger partial charge in [0.2, 0.25) is 23.8 Å². The van der Waals surface area contributed by atoms with Crippen molar-refractivity contribution in [2.24, 2.45) is 10.7 Å². The lowest BCUT2D eigenvalue weighted by molar-refractivity contribution is -0.147. The number of hydrogen-bond donors (Lipinski definition) is 6. The van der Waals surface area contributed by atoms with Crippen LogP contribution in [-0.4, -0.2) is 133 Å². The van der Waals surface area contributed by atoms with Gasteiger partial charge in [-0.15, -0.1) is 0 Å². The smallest absolute Gasteiger partial charge is 0.407 e. The van der Waals surface area contributed by atoms with E-state index in [9.17, 15) is 33.9 Å². The summed E-state index contributed by atoms with van der Waals surface area (Å²) >= 11 is 0. The number of nitrogens with two attached hydrogens (primary N) is 1. The molecule has 74 heavy (non-hydrogen) atoms. The average molecular weight is 1040 g/mol. The number of nitrogens with zero attached hydrogens (tertiary/aromatic N) is 1. The number of hydrogen-bond acceptors (Lipinski definition) is 14. The highest BCUT2D eigenvalue weighted by Crippen LogP contribution is 2.47. The Morgan fingerprint density at radius 1 is 0.649 bits per heavy atom. The minimum absolute atomic E-state index is 0.0279. The second-order valence-corrected chi connectivity index (χ2v) is 23.2. The quantitative estimate of drug-likeness (QED) is 0.0229. The molecule has 19 heteroatoms. The van der Waals surface area contributed by atoms with Gasteiger partial charge in [-0.3, -0.25) is 19.2 Å². The molecule has 0 saturated heterocycles. The first kappa shape index (κ1) is 63.0. The number of aliphatic imine (C=N–C) groups is 1. The van der Waals surface area contributed by atoms with Crippen molar-refractivity contribution in [3.63, 3.8) is 0 Å². The third kappa shape index (κ3) is 22.3. The van der Waals surface area contributed by atoms with Gasteiger partial charge >= 0.3 is 6.09 Å². The van der Waals surface area contributed by atoms with Gasteiger partial charge in [0, 0.05) is 36.0 Å². The maximum Gasteiger partial charge on any atom is 0.407 e. The van der Waals surface area contributed by atoms with Gasteiger partial charge in [0.25, 0.3) is 5.91 Å². The molecule has 1 aliphatic carbocycles. The van der Waals surface area contributed by atoms with Crippen molar-refractivity contribution in [2.75, 3.05) is 63.4 Å². The second-order valence-electron chi connectivity index (χ2n) is 23.2. The Morgan fingerprint density at radius 3 is 1.61 bits per heavy atom. The van der Waals surface area contributed by atoms with E-state index in [2.05, 4.69) is 26.3 Å². The molecule has 414 valence electrons. The normalized spacial score (nSPS) is 14.1. The van der Waals surface area contributed by atoms with Crippen LogP contribution in [0.4, 0.5) is 16.2 Å². The number of primary amides is 1. The van der Waals surface area contributed by atoms with Crippen LogP contribution in [0.15, 0.2) is 41.4 Å². The molecule has 0 radical (unpaired) electrons. The van der Waals surface area contributed by atoms with E-state index in [4.69, 9.17) is 34.2 Å². The lowest BCUT2D eigenvalue weighted by atomic mass is 9.87. The van der Waals surface area contributed by atoms with Crippen LogP contribution in [-0.2, 0) is 52.4 Å². The van der Waals surface area contributed by atoms with Crippen molar-refractivity contribution in [2.45, 2.75) is 187 Å². The van der Waals surface area contributed by atoms with Crippen LogP contribution in [0.3, 0.4) is 0 Å². The topological polar surface area (TPSA) is 265 Å². The summed E-state index contributed by atoms with van der Waals surface area (Å²) in [6, 6.07) is 11.1. The van der Waals surface area contributed by atoms with E-state index >= 15 is 0 Å². The number of amides is 5. The van der Waals surface area contributed by atoms with Gasteiger partial charge < -0.3 is 60.5 Å². The SMILES string of the molecule is CC(C)(CC(C)(C)NC(=O)C(C)(C)OCCC(C)(C)OCCC(=O)Nc1ccc2c(c1)C(COC(=O)NCCOC(C)(C)CCOC(C)(C)CC(N)=O)c1cc(NC(=O)CCOC(C)(C)CCO)ccc1-2)N=C=O. The van der Waals surface area contributed by atoms with Gasteiger partial charge in [-0.1, -0.05) is 12.1 Å². The minimum atomic E-state index is -1.16. The van der Waals surface area contributed by atoms with Crippen LogP contribution in [0.1, 0.15) is 159 Å². The number of carbonyl (C=O) groups is 5. The van der Waals surface area contributed by atoms with Gasteiger partial charge in [0.15, 0.2) is 0 Å². The Balaban J connectivity index is 1.64. The summed E-state index contributed by atoms with van der Waals surface area (Å²) in [6.45, 7) is 26.7. The molecule has 0 aliphatic heterocycles. The molecule has 3 rings (SSSR count). The molecular formula is C55H86N6O13. The molecule has 0 saturated carbocycles. The zero-order valence-corrected chi connectivity index (χ0v) is 46.5. The third-order valence-corrected chi connectivity index (χ3v) is 12.5. The molecule has 1 aliphatic rings. The fraction of sp³-hybridized carbons (Fsp3) is 0.673. The van der Waals surface area contributed by atoms with Crippen LogP contribution in [0.5, 0.6) is 0 Å². The molecule has 0 heterocycles. The van der Waals surface area contributed by atoms with Crippen molar-refractivity contribution in [1.29, 1.82) is 0 Å². The van der Waals surface area contributed by atoms with Crippen LogP contribution < -0.4 is 27.0 Å². The molecule has 7 N–H and O–H groups in total.